The maximum absolute atomic E-state index is 11.8. The zero-order chi connectivity index (χ0) is 18.8. The van der Waals surface area contributed by atoms with E-state index in [1.807, 2.05) is 42.5 Å². The highest BCUT2D eigenvalue weighted by atomic mass is 35.5. The highest BCUT2D eigenvalue weighted by Crippen LogP contribution is 2.11. The molecule has 2 N–H and O–H groups in total. The molecule has 5 nitrogen and oxygen atoms in total. The summed E-state index contributed by atoms with van der Waals surface area (Å²) < 4.78 is 0. The van der Waals surface area contributed by atoms with Gasteiger partial charge in [-0.05, 0) is 29.7 Å². The van der Waals surface area contributed by atoms with Crippen LogP contribution in [0.2, 0.25) is 5.02 Å². The van der Waals surface area contributed by atoms with E-state index in [1.165, 1.54) is 5.56 Å². The first kappa shape index (κ1) is 19.8. The van der Waals surface area contributed by atoms with Crippen LogP contribution in [0.15, 0.2) is 59.6 Å². The van der Waals surface area contributed by atoms with Gasteiger partial charge in [0.1, 0.15) is 0 Å². The fraction of sp³-hybridized carbons (Fsp3) is 0.300. The van der Waals surface area contributed by atoms with Crippen molar-refractivity contribution in [1.82, 2.24) is 15.5 Å². The standard InChI is InChI=1S/C20H25ClN4O/c1-25(2)19(26)15-24-20(22-12-11-16-7-4-3-5-8-16)23-14-17-9-6-10-18(21)13-17/h3-10,13H,11-12,14-15H2,1-2H3,(H2,22,23,24). The van der Waals surface area contributed by atoms with Gasteiger partial charge in [0.05, 0.1) is 13.1 Å². The van der Waals surface area contributed by atoms with Crippen LogP contribution in [0.3, 0.4) is 0 Å². The Kier molecular flexibility index (Phi) is 7.96. The molecule has 0 aromatic heterocycles. The number of hydrogen-bond acceptors (Lipinski definition) is 2. The number of halogens is 1. The minimum Gasteiger partial charge on any atom is -0.356 e. The van der Waals surface area contributed by atoms with Crippen molar-refractivity contribution in [3.8, 4) is 0 Å². The van der Waals surface area contributed by atoms with Gasteiger partial charge in [-0.15, -0.1) is 0 Å². The SMILES string of the molecule is CN(C)C(=O)CNC(=NCc1cccc(Cl)c1)NCCc1ccccc1. The van der Waals surface area contributed by atoms with Crippen LogP contribution in [0, 0.1) is 0 Å². The summed E-state index contributed by atoms with van der Waals surface area (Å²) in [5.41, 5.74) is 2.26. The van der Waals surface area contributed by atoms with Gasteiger partial charge in [0.2, 0.25) is 5.91 Å². The molecule has 0 fully saturated rings. The van der Waals surface area contributed by atoms with Gasteiger partial charge in [0, 0.05) is 25.7 Å². The van der Waals surface area contributed by atoms with Gasteiger partial charge in [0.15, 0.2) is 5.96 Å². The molecule has 138 valence electrons. The minimum atomic E-state index is -0.00897. The van der Waals surface area contributed by atoms with E-state index in [2.05, 4.69) is 27.8 Å². The molecule has 0 aliphatic carbocycles. The van der Waals surface area contributed by atoms with Crippen molar-refractivity contribution >= 4 is 23.5 Å². The molecule has 26 heavy (non-hydrogen) atoms. The summed E-state index contributed by atoms with van der Waals surface area (Å²) in [6.07, 6.45) is 0.875. The lowest BCUT2D eigenvalue weighted by Gasteiger charge is -2.15. The summed E-state index contributed by atoms with van der Waals surface area (Å²) >= 11 is 6.02. The van der Waals surface area contributed by atoms with Crippen LogP contribution in [-0.4, -0.2) is 44.0 Å². The topological polar surface area (TPSA) is 56.7 Å². The molecule has 0 unspecified atom stereocenters. The number of nitrogens with one attached hydrogen (secondary N) is 2. The van der Waals surface area contributed by atoms with E-state index < -0.39 is 0 Å². The molecule has 0 aliphatic rings. The van der Waals surface area contributed by atoms with Gasteiger partial charge < -0.3 is 15.5 Å². The Bertz CT molecular complexity index is 732. The van der Waals surface area contributed by atoms with Gasteiger partial charge in [0.25, 0.3) is 0 Å². The van der Waals surface area contributed by atoms with E-state index in [0.717, 1.165) is 18.5 Å². The molecule has 0 heterocycles. The first-order valence-corrected chi connectivity index (χ1v) is 8.93. The highest BCUT2D eigenvalue weighted by Gasteiger charge is 2.06. The second-order valence-electron chi connectivity index (χ2n) is 6.10. The van der Waals surface area contributed by atoms with Crippen LogP contribution < -0.4 is 10.6 Å². The van der Waals surface area contributed by atoms with Crippen LogP contribution in [0.4, 0.5) is 0 Å². The largest absolute Gasteiger partial charge is 0.356 e. The number of likely N-dealkylation sites (N-methyl/N-ethyl adjacent to an activating group) is 1. The van der Waals surface area contributed by atoms with Crippen molar-refractivity contribution in [2.45, 2.75) is 13.0 Å². The Hall–Kier alpha value is -2.53. The summed E-state index contributed by atoms with van der Waals surface area (Å²) in [6, 6.07) is 17.8. The van der Waals surface area contributed by atoms with Crippen molar-refractivity contribution in [3.63, 3.8) is 0 Å². The number of aliphatic imine (C=N–C) groups is 1. The lowest BCUT2D eigenvalue weighted by Crippen LogP contribution is -2.43. The average Bonchev–Trinajstić information content (AvgIpc) is 2.64. The van der Waals surface area contributed by atoms with Crippen LogP contribution in [0.1, 0.15) is 11.1 Å². The average molecular weight is 373 g/mol. The molecular formula is C20H25ClN4O. The number of carbonyl (C=O) groups excluding carboxylic acids is 1. The van der Waals surface area contributed by atoms with Gasteiger partial charge in [-0.2, -0.15) is 0 Å². The van der Waals surface area contributed by atoms with E-state index in [4.69, 9.17) is 11.6 Å². The van der Waals surface area contributed by atoms with E-state index in [-0.39, 0.29) is 12.5 Å². The Labute approximate surface area is 160 Å². The van der Waals surface area contributed by atoms with Crippen LogP contribution >= 0.6 is 11.6 Å². The molecule has 0 saturated heterocycles. The maximum atomic E-state index is 11.8. The van der Waals surface area contributed by atoms with Gasteiger partial charge >= 0.3 is 0 Å². The first-order chi connectivity index (χ1) is 12.5. The van der Waals surface area contributed by atoms with Gasteiger partial charge in [-0.1, -0.05) is 54.1 Å². The number of hydrogen-bond donors (Lipinski definition) is 2. The lowest BCUT2D eigenvalue weighted by atomic mass is 10.1. The third kappa shape index (κ3) is 7.15. The molecule has 2 aromatic carbocycles. The molecule has 6 heteroatoms. The summed E-state index contributed by atoms with van der Waals surface area (Å²) in [4.78, 5) is 17.9. The lowest BCUT2D eigenvalue weighted by molar-refractivity contribution is -0.127. The number of guanidine groups is 1. The Balaban J connectivity index is 1.95. The number of amides is 1. The monoisotopic (exact) mass is 372 g/mol. The fourth-order valence-corrected chi connectivity index (χ4v) is 2.48. The highest BCUT2D eigenvalue weighted by molar-refractivity contribution is 6.30. The van der Waals surface area contributed by atoms with E-state index >= 15 is 0 Å². The van der Waals surface area contributed by atoms with E-state index in [9.17, 15) is 4.79 Å². The molecule has 2 rings (SSSR count). The van der Waals surface area contributed by atoms with E-state index in [0.29, 0.717) is 17.5 Å². The predicted molar refractivity (Wildman–Crippen MR) is 107 cm³/mol. The molecule has 2 aromatic rings. The number of carbonyl (C=O) groups is 1. The molecule has 0 radical (unpaired) electrons. The Morgan fingerprint density at radius 2 is 1.77 bits per heavy atom. The summed E-state index contributed by atoms with van der Waals surface area (Å²) in [7, 11) is 3.46. The second-order valence-corrected chi connectivity index (χ2v) is 6.54. The molecule has 0 atom stereocenters. The van der Waals surface area contributed by atoms with Crippen molar-refractivity contribution < 1.29 is 4.79 Å². The smallest absolute Gasteiger partial charge is 0.241 e. The number of nitrogens with zero attached hydrogens (tertiary/aromatic N) is 2. The van der Waals surface area contributed by atoms with E-state index in [1.54, 1.807) is 19.0 Å². The van der Waals surface area contributed by atoms with Crippen LogP contribution in [0.25, 0.3) is 0 Å². The van der Waals surface area contributed by atoms with Gasteiger partial charge in [-0.3, -0.25) is 4.79 Å². The number of benzene rings is 2. The Morgan fingerprint density at radius 1 is 1.04 bits per heavy atom. The van der Waals surface area contributed by atoms with Crippen molar-refractivity contribution in [3.05, 3.63) is 70.7 Å². The third-order valence-electron chi connectivity index (χ3n) is 3.76. The Morgan fingerprint density at radius 3 is 2.46 bits per heavy atom. The molecule has 0 spiro atoms. The van der Waals surface area contributed by atoms with Crippen LogP contribution in [0.5, 0.6) is 0 Å². The van der Waals surface area contributed by atoms with Crippen LogP contribution in [-0.2, 0) is 17.8 Å². The first-order valence-electron chi connectivity index (χ1n) is 8.55. The normalized spacial score (nSPS) is 11.1. The zero-order valence-corrected chi connectivity index (χ0v) is 16.0. The summed E-state index contributed by atoms with van der Waals surface area (Å²) in [5.74, 6) is 0.599. The minimum absolute atomic E-state index is 0.00897. The van der Waals surface area contributed by atoms with Crippen molar-refractivity contribution in [1.29, 1.82) is 0 Å². The maximum Gasteiger partial charge on any atom is 0.241 e. The second kappa shape index (κ2) is 10.5. The quantitative estimate of drug-likeness (QED) is 0.580. The molecule has 1 amide bonds. The molecule has 0 saturated carbocycles. The molecular weight excluding hydrogens is 348 g/mol. The summed E-state index contributed by atoms with van der Waals surface area (Å²) in [6.45, 7) is 1.40. The molecule has 0 aliphatic heterocycles. The third-order valence-corrected chi connectivity index (χ3v) is 4.00. The van der Waals surface area contributed by atoms with Gasteiger partial charge in [-0.25, -0.2) is 4.99 Å². The fourth-order valence-electron chi connectivity index (χ4n) is 2.27. The summed E-state index contributed by atoms with van der Waals surface area (Å²) in [5, 5.41) is 7.06. The zero-order valence-electron chi connectivity index (χ0n) is 15.2. The molecule has 0 bridgehead atoms. The predicted octanol–water partition coefficient (Wildman–Crippen LogP) is 2.71. The number of rotatable bonds is 7. The van der Waals surface area contributed by atoms with Crippen molar-refractivity contribution in [2.24, 2.45) is 4.99 Å². The van der Waals surface area contributed by atoms with Crippen molar-refractivity contribution in [2.75, 3.05) is 27.2 Å².